The van der Waals surface area contributed by atoms with Gasteiger partial charge in [-0.25, -0.2) is 9.37 Å². The summed E-state index contributed by atoms with van der Waals surface area (Å²) >= 11 is 1.34. The van der Waals surface area contributed by atoms with Crippen LogP contribution in [0.4, 0.5) is 9.52 Å². The van der Waals surface area contributed by atoms with Gasteiger partial charge in [0.05, 0.1) is 10.6 Å². The molecule has 2 aromatic heterocycles. The smallest absolute Gasteiger partial charge is 0.181 e. The fraction of sp³-hybridized carbons (Fsp3) is 0. The monoisotopic (exact) mass is 271 g/mol. The highest BCUT2D eigenvalue weighted by Gasteiger charge is 2.14. The van der Waals surface area contributed by atoms with Crippen LogP contribution in [-0.2, 0) is 0 Å². The SMILES string of the molecule is Nc1nc(-c2cccnc2)c(-c2cccc(F)c2)s1. The molecule has 19 heavy (non-hydrogen) atoms. The molecule has 1 aromatic carbocycles. The van der Waals surface area contributed by atoms with Gasteiger partial charge in [0, 0.05) is 18.0 Å². The van der Waals surface area contributed by atoms with Crippen LogP contribution >= 0.6 is 11.3 Å². The van der Waals surface area contributed by atoms with Crippen LogP contribution in [0.3, 0.4) is 0 Å². The highest BCUT2D eigenvalue weighted by molar-refractivity contribution is 7.19. The molecule has 2 heterocycles. The van der Waals surface area contributed by atoms with Gasteiger partial charge in [0.2, 0.25) is 0 Å². The van der Waals surface area contributed by atoms with Gasteiger partial charge in [-0.05, 0) is 29.8 Å². The van der Waals surface area contributed by atoms with Crippen molar-refractivity contribution >= 4 is 16.5 Å². The molecule has 0 saturated carbocycles. The van der Waals surface area contributed by atoms with Gasteiger partial charge in [-0.15, -0.1) is 0 Å². The summed E-state index contributed by atoms with van der Waals surface area (Å²) in [5, 5.41) is 0.457. The van der Waals surface area contributed by atoms with Crippen LogP contribution in [0.15, 0.2) is 48.8 Å². The predicted molar refractivity (Wildman–Crippen MR) is 75.2 cm³/mol. The topological polar surface area (TPSA) is 51.8 Å². The van der Waals surface area contributed by atoms with E-state index in [1.165, 1.54) is 23.5 Å². The minimum atomic E-state index is -0.276. The fourth-order valence-electron chi connectivity index (χ4n) is 1.86. The molecule has 3 aromatic rings. The molecule has 3 rings (SSSR count). The maximum Gasteiger partial charge on any atom is 0.181 e. The van der Waals surface area contributed by atoms with Crippen molar-refractivity contribution in [3.63, 3.8) is 0 Å². The van der Waals surface area contributed by atoms with Gasteiger partial charge in [0.15, 0.2) is 5.13 Å². The van der Waals surface area contributed by atoms with Gasteiger partial charge in [0.1, 0.15) is 5.82 Å². The third-order valence-corrected chi connectivity index (χ3v) is 3.60. The number of hydrogen-bond donors (Lipinski definition) is 1. The summed E-state index contributed by atoms with van der Waals surface area (Å²) in [4.78, 5) is 9.25. The molecule has 0 aliphatic carbocycles. The van der Waals surface area contributed by atoms with E-state index in [4.69, 9.17) is 5.73 Å². The van der Waals surface area contributed by atoms with Gasteiger partial charge < -0.3 is 5.73 Å². The lowest BCUT2D eigenvalue weighted by Crippen LogP contribution is -1.85. The zero-order chi connectivity index (χ0) is 13.2. The molecule has 0 amide bonds. The van der Waals surface area contributed by atoms with E-state index in [1.54, 1.807) is 18.5 Å². The number of nitrogens with two attached hydrogens (primary N) is 1. The van der Waals surface area contributed by atoms with E-state index in [-0.39, 0.29) is 5.82 Å². The number of hydrogen-bond acceptors (Lipinski definition) is 4. The number of pyridine rings is 1. The maximum atomic E-state index is 13.3. The van der Waals surface area contributed by atoms with E-state index in [2.05, 4.69) is 9.97 Å². The number of anilines is 1. The molecule has 2 N–H and O–H groups in total. The number of nitrogen functional groups attached to an aromatic ring is 1. The fourth-order valence-corrected chi connectivity index (χ4v) is 2.71. The summed E-state index contributed by atoms with van der Waals surface area (Å²) in [5.74, 6) is -0.276. The van der Waals surface area contributed by atoms with E-state index in [1.807, 2.05) is 18.2 Å². The Balaban J connectivity index is 2.18. The van der Waals surface area contributed by atoms with E-state index >= 15 is 0 Å². The van der Waals surface area contributed by atoms with Crippen LogP contribution in [0.2, 0.25) is 0 Å². The highest BCUT2D eigenvalue weighted by atomic mass is 32.1. The van der Waals surface area contributed by atoms with Crippen molar-refractivity contribution in [2.75, 3.05) is 5.73 Å². The first-order chi connectivity index (χ1) is 9.24. The van der Waals surface area contributed by atoms with Crippen molar-refractivity contribution in [1.29, 1.82) is 0 Å². The summed E-state index contributed by atoms with van der Waals surface area (Å²) in [6.45, 7) is 0. The molecule has 3 nitrogen and oxygen atoms in total. The summed E-state index contributed by atoms with van der Waals surface area (Å²) in [7, 11) is 0. The number of benzene rings is 1. The van der Waals surface area contributed by atoms with Gasteiger partial charge in [-0.1, -0.05) is 23.5 Å². The lowest BCUT2D eigenvalue weighted by Gasteiger charge is -2.02. The summed E-state index contributed by atoms with van der Waals surface area (Å²) in [5.41, 5.74) is 8.16. The van der Waals surface area contributed by atoms with Gasteiger partial charge in [0.25, 0.3) is 0 Å². The van der Waals surface area contributed by atoms with Crippen LogP contribution in [0.1, 0.15) is 0 Å². The minimum Gasteiger partial charge on any atom is -0.375 e. The summed E-state index contributed by atoms with van der Waals surface area (Å²) < 4.78 is 13.3. The summed E-state index contributed by atoms with van der Waals surface area (Å²) in [6.07, 6.45) is 3.42. The van der Waals surface area contributed by atoms with E-state index in [0.29, 0.717) is 5.13 Å². The zero-order valence-electron chi connectivity index (χ0n) is 9.88. The molecular formula is C14H10FN3S. The lowest BCUT2D eigenvalue weighted by molar-refractivity contribution is 0.628. The van der Waals surface area contributed by atoms with Gasteiger partial charge in [-0.2, -0.15) is 0 Å². The third-order valence-electron chi connectivity index (χ3n) is 2.67. The Labute approximate surface area is 113 Å². The molecule has 0 spiro atoms. The molecule has 0 aliphatic heterocycles. The Kier molecular flexibility index (Phi) is 2.97. The van der Waals surface area contributed by atoms with Crippen molar-refractivity contribution in [2.45, 2.75) is 0 Å². The molecule has 0 fully saturated rings. The van der Waals surface area contributed by atoms with E-state index in [0.717, 1.165) is 21.7 Å². The van der Waals surface area contributed by atoms with Gasteiger partial charge in [-0.3, -0.25) is 4.98 Å². The van der Waals surface area contributed by atoms with Crippen LogP contribution < -0.4 is 5.73 Å². The second kappa shape index (κ2) is 4.78. The number of halogens is 1. The average Bonchev–Trinajstić information content (AvgIpc) is 2.82. The molecule has 0 radical (unpaired) electrons. The average molecular weight is 271 g/mol. The predicted octanol–water partition coefficient (Wildman–Crippen LogP) is 3.59. The number of nitrogens with zero attached hydrogens (tertiary/aromatic N) is 2. The van der Waals surface area contributed by atoms with Crippen molar-refractivity contribution in [1.82, 2.24) is 9.97 Å². The highest BCUT2D eigenvalue weighted by Crippen LogP contribution is 2.37. The van der Waals surface area contributed by atoms with Crippen molar-refractivity contribution in [3.05, 3.63) is 54.6 Å². The Hall–Kier alpha value is -2.27. The van der Waals surface area contributed by atoms with Crippen molar-refractivity contribution in [3.8, 4) is 21.7 Å². The quantitative estimate of drug-likeness (QED) is 0.775. The largest absolute Gasteiger partial charge is 0.375 e. The molecule has 94 valence electrons. The van der Waals surface area contributed by atoms with Crippen LogP contribution in [0.5, 0.6) is 0 Å². The van der Waals surface area contributed by atoms with Crippen LogP contribution in [-0.4, -0.2) is 9.97 Å². The Morgan fingerprint density at radius 2 is 1.95 bits per heavy atom. The second-order valence-electron chi connectivity index (χ2n) is 3.98. The first-order valence-corrected chi connectivity index (χ1v) is 6.48. The first kappa shape index (κ1) is 11.8. The Morgan fingerprint density at radius 3 is 2.68 bits per heavy atom. The third kappa shape index (κ3) is 2.32. The van der Waals surface area contributed by atoms with Gasteiger partial charge >= 0.3 is 0 Å². The molecule has 0 unspecified atom stereocenters. The van der Waals surface area contributed by atoms with E-state index in [9.17, 15) is 4.39 Å². The second-order valence-corrected chi connectivity index (χ2v) is 5.01. The lowest BCUT2D eigenvalue weighted by atomic mass is 10.1. The standard InChI is InChI=1S/C14H10FN3S/c15-11-5-1-3-9(7-11)13-12(18-14(16)19-13)10-4-2-6-17-8-10/h1-8H,(H2,16,18). The number of aromatic nitrogens is 2. The number of rotatable bonds is 2. The van der Waals surface area contributed by atoms with Crippen LogP contribution in [0.25, 0.3) is 21.7 Å². The first-order valence-electron chi connectivity index (χ1n) is 5.66. The maximum absolute atomic E-state index is 13.3. The van der Waals surface area contributed by atoms with Crippen molar-refractivity contribution < 1.29 is 4.39 Å². The molecule has 0 saturated heterocycles. The van der Waals surface area contributed by atoms with Crippen molar-refractivity contribution in [2.24, 2.45) is 0 Å². The Morgan fingerprint density at radius 1 is 1.11 bits per heavy atom. The minimum absolute atomic E-state index is 0.276. The zero-order valence-corrected chi connectivity index (χ0v) is 10.7. The summed E-state index contributed by atoms with van der Waals surface area (Å²) in [6, 6.07) is 10.2. The molecule has 0 atom stereocenters. The molecular weight excluding hydrogens is 261 g/mol. The molecule has 0 bridgehead atoms. The molecule has 5 heteroatoms. The Bertz CT molecular complexity index is 710. The van der Waals surface area contributed by atoms with E-state index < -0.39 is 0 Å². The van der Waals surface area contributed by atoms with Crippen LogP contribution in [0, 0.1) is 5.82 Å². The normalized spacial score (nSPS) is 10.6. The number of thiazole rings is 1. The molecule has 0 aliphatic rings.